The van der Waals surface area contributed by atoms with E-state index in [4.69, 9.17) is 9.72 Å². The summed E-state index contributed by atoms with van der Waals surface area (Å²) in [5, 5.41) is 8.41. The number of amides is 1. The van der Waals surface area contributed by atoms with Gasteiger partial charge in [0.15, 0.2) is 5.82 Å². The second-order valence-corrected chi connectivity index (χ2v) is 7.48. The van der Waals surface area contributed by atoms with E-state index in [1.807, 2.05) is 26.8 Å². The Morgan fingerprint density at radius 3 is 2.56 bits per heavy atom. The first-order chi connectivity index (χ1) is 12.7. The van der Waals surface area contributed by atoms with Crippen molar-refractivity contribution in [3.05, 3.63) is 46.6 Å². The minimum atomic E-state index is -0.492. The molecular weight excluding hydrogens is 340 g/mol. The van der Waals surface area contributed by atoms with E-state index in [1.54, 1.807) is 10.7 Å². The van der Waals surface area contributed by atoms with Crippen LogP contribution in [0.15, 0.2) is 24.3 Å². The molecule has 0 atom stereocenters. The molecule has 1 N–H and O–H groups in total. The molecule has 142 valence electrons. The minimum Gasteiger partial charge on any atom is -0.449 e. The average molecular weight is 366 g/mol. The van der Waals surface area contributed by atoms with Crippen LogP contribution in [0.25, 0.3) is 16.7 Å². The maximum Gasteiger partial charge on any atom is 0.412 e. The predicted molar refractivity (Wildman–Crippen MR) is 108 cm³/mol. The van der Waals surface area contributed by atoms with Crippen molar-refractivity contribution in [3.63, 3.8) is 0 Å². The topological polar surface area (TPSA) is 69.0 Å². The summed E-state index contributed by atoms with van der Waals surface area (Å²) in [6, 6.07) is 8.05. The smallest absolute Gasteiger partial charge is 0.412 e. The van der Waals surface area contributed by atoms with Gasteiger partial charge in [0.25, 0.3) is 0 Å². The van der Waals surface area contributed by atoms with E-state index in [9.17, 15) is 4.79 Å². The first-order valence-corrected chi connectivity index (χ1v) is 9.14. The van der Waals surface area contributed by atoms with E-state index in [2.05, 4.69) is 43.3 Å². The fourth-order valence-corrected chi connectivity index (χ4v) is 3.08. The van der Waals surface area contributed by atoms with Crippen LogP contribution in [0, 0.1) is 33.6 Å². The number of aryl methyl sites for hydroxylation is 4. The molecule has 1 amide bonds. The Labute approximate surface area is 159 Å². The fraction of sp³-hybridized carbons (Fsp3) is 0.381. The third kappa shape index (κ3) is 4.10. The molecular formula is C21H26N4O2. The van der Waals surface area contributed by atoms with Crippen LogP contribution < -0.4 is 5.32 Å². The highest BCUT2D eigenvalue weighted by Gasteiger charge is 2.15. The van der Waals surface area contributed by atoms with Gasteiger partial charge in [-0.25, -0.2) is 9.78 Å². The van der Waals surface area contributed by atoms with Crippen LogP contribution in [0.5, 0.6) is 0 Å². The third-order valence-corrected chi connectivity index (χ3v) is 4.27. The molecule has 0 aliphatic rings. The summed E-state index contributed by atoms with van der Waals surface area (Å²) in [6.07, 6.45) is -0.492. The molecule has 0 aliphatic heterocycles. The maximum atomic E-state index is 12.1. The van der Waals surface area contributed by atoms with Gasteiger partial charge in [-0.2, -0.15) is 9.78 Å². The van der Waals surface area contributed by atoms with Crippen LogP contribution in [0.3, 0.4) is 0 Å². The average Bonchev–Trinajstić information content (AvgIpc) is 2.94. The molecule has 2 aromatic heterocycles. The van der Waals surface area contributed by atoms with Crippen molar-refractivity contribution >= 4 is 22.8 Å². The highest BCUT2D eigenvalue weighted by Crippen LogP contribution is 2.25. The number of aromatic nitrogens is 3. The van der Waals surface area contributed by atoms with Crippen LogP contribution in [0.2, 0.25) is 0 Å². The van der Waals surface area contributed by atoms with Gasteiger partial charge >= 0.3 is 6.09 Å². The quantitative estimate of drug-likeness (QED) is 0.716. The van der Waals surface area contributed by atoms with Crippen LogP contribution in [0.4, 0.5) is 10.6 Å². The zero-order valence-electron chi connectivity index (χ0n) is 16.8. The van der Waals surface area contributed by atoms with E-state index in [-0.39, 0.29) is 5.92 Å². The number of fused-ring (bicyclic) bond motifs is 1. The zero-order valence-corrected chi connectivity index (χ0v) is 16.8. The van der Waals surface area contributed by atoms with Crippen molar-refractivity contribution in [1.82, 2.24) is 14.8 Å². The molecule has 1 aromatic carbocycles. The van der Waals surface area contributed by atoms with Crippen molar-refractivity contribution in [1.29, 1.82) is 0 Å². The molecule has 0 spiro atoms. The summed E-state index contributed by atoms with van der Waals surface area (Å²) >= 11 is 0. The van der Waals surface area contributed by atoms with Crippen molar-refractivity contribution in [2.45, 2.75) is 41.5 Å². The van der Waals surface area contributed by atoms with E-state index in [0.717, 1.165) is 27.7 Å². The molecule has 6 heteroatoms. The van der Waals surface area contributed by atoms with Gasteiger partial charge < -0.3 is 4.74 Å². The summed E-state index contributed by atoms with van der Waals surface area (Å²) in [4.78, 5) is 16.9. The summed E-state index contributed by atoms with van der Waals surface area (Å²) in [6.45, 7) is 12.4. The molecule has 3 aromatic rings. The molecule has 0 radical (unpaired) electrons. The minimum absolute atomic E-state index is 0.277. The zero-order chi connectivity index (χ0) is 19.7. The molecule has 3 rings (SSSR count). The van der Waals surface area contributed by atoms with E-state index in [1.165, 1.54) is 5.56 Å². The Morgan fingerprint density at radius 2 is 1.85 bits per heavy atom. The Balaban J connectivity index is 2.01. The van der Waals surface area contributed by atoms with Gasteiger partial charge in [-0.15, -0.1) is 0 Å². The summed E-state index contributed by atoms with van der Waals surface area (Å²) in [5.74, 6) is 1.48. The fourth-order valence-electron chi connectivity index (χ4n) is 3.08. The number of benzene rings is 1. The second kappa shape index (κ2) is 7.39. The van der Waals surface area contributed by atoms with Crippen molar-refractivity contribution < 1.29 is 9.53 Å². The Bertz CT molecular complexity index is 1010. The Kier molecular flexibility index (Phi) is 5.17. The van der Waals surface area contributed by atoms with Gasteiger partial charge in [0.05, 0.1) is 17.8 Å². The second-order valence-electron chi connectivity index (χ2n) is 7.48. The van der Waals surface area contributed by atoms with Crippen LogP contribution in [-0.2, 0) is 4.74 Å². The van der Waals surface area contributed by atoms with Gasteiger partial charge in [-0.3, -0.25) is 5.32 Å². The highest BCUT2D eigenvalue weighted by atomic mass is 16.5. The number of carbonyl (C=O) groups is 1. The lowest BCUT2D eigenvalue weighted by atomic mass is 10.0. The molecule has 0 aliphatic carbocycles. The van der Waals surface area contributed by atoms with E-state index in [0.29, 0.717) is 18.2 Å². The molecule has 0 saturated carbocycles. The largest absolute Gasteiger partial charge is 0.449 e. The number of nitrogens with one attached hydrogen (secondary N) is 1. The number of pyridine rings is 1. The molecule has 0 saturated heterocycles. The standard InChI is InChI=1S/C21H26N4O2/c1-12(2)11-27-21(26)23-19-10-16(6)24-25(19)18-9-14(4)17-8-13(3)7-15(5)20(17)22-18/h7-10,12H,11H2,1-6H3,(H,23,26). The maximum absolute atomic E-state index is 12.1. The van der Waals surface area contributed by atoms with E-state index >= 15 is 0 Å². The summed E-state index contributed by atoms with van der Waals surface area (Å²) < 4.78 is 6.87. The molecule has 0 fully saturated rings. The van der Waals surface area contributed by atoms with Crippen molar-refractivity contribution in [2.75, 3.05) is 11.9 Å². The molecule has 0 bridgehead atoms. The lowest BCUT2D eigenvalue weighted by Gasteiger charge is -2.13. The third-order valence-electron chi connectivity index (χ3n) is 4.27. The van der Waals surface area contributed by atoms with Gasteiger partial charge in [-0.1, -0.05) is 25.5 Å². The Morgan fingerprint density at radius 1 is 1.11 bits per heavy atom. The highest BCUT2D eigenvalue weighted by molar-refractivity contribution is 5.87. The van der Waals surface area contributed by atoms with Crippen molar-refractivity contribution in [3.8, 4) is 5.82 Å². The first-order valence-electron chi connectivity index (χ1n) is 9.14. The molecule has 2 heterocycles. The lowest BCUT2D eigenvalue weighted by Crippen LogP contribution is -2.19. The van der Waals surface area contributed by atoms with Gasteiger partial charge in [0, 0.05) is 11.5 Å². The molecule has 27 heavy (non-hydrogen) atoms. The van der Waals surface area contributed by atoms with Gasteiger partial charge in [0.1, 0.15) is 5.82 Å². The number of carbonyl (C=O) groups excluding carboxylic acids is 1. The van der Waals surface area contributed by atoms with Crippen LogP contribution in [-0.4, -0.2) is 27.5 Å². The normalized spacial score (nSPS) is 11.2. The number of anilines is 1. The number of hydrogen-bond acceptors (Lipinski definition) is 4. The van der Waals surface area contributed by atoms with Crippen molar-refractivity contribution in [2.24, 2.45) is 5.92 Å². The summed E-state index contributed by atoms with van der Waals surface area (Å²) in [7, 11) is 0. The van der Waals surface area contributed by atoms with Crippen LogP contribution >= 0.6 is 0 Å². The number of nitrogens with zero attached hydrogens (tertiary/aromatic N) is 3. The SMILES string of the molecule is Cc1cc(C)c2nc(-n3nc(C)cc3NC(=O)OCC(C)C)cc(C)c2c1. The van der Waals surface area contributed by atoms with E-state index < -0.39 is 6.09 Å². The molecule has 0 unspecified atom stereocenters. The lowest BCUT2D eigenvalue weighted by molar-refractivity contribution is 0.147. The number of hydrogen-bond donors (Lipinski definition) is 1. The number of rotatable bonds is 4. The number of ether oxygens (including phenoxy) is 1. The van der Waals surface area contributed by atoms with Crippen LogP contribution in [0.1, 0.15) is 36.2 Å². The molecule has 6 nitrogen and oxygen atoms in total. The van der Waals surface area contributed by atoms with Gasteiger partial charge in [-0.05, 0) is 56.9 Å². The summed E-state index contributed by atoms with van der Waals surface area (Å²) in [5.41, 5.74) is 5.17. The first kappa shape index (κ1) is 18.9. The monoisotopic (exact) mass is 366 g/mol. The Hall–Kier alpha value is -2.89. The van der Waals surface area contributed by atoms with Gasteiger partial charge in [0.2, 0.25) is 0 Å². The predicted octanol–water partition coefficient (Wildman–Crippen LogP) is 4.86.